The molecule has 0 aromatic carbocycles. The van der Waals surface area contributed by atoms with Crippen LogP contribution in [-0.2, 0) is 0 Å². The van der Waals surface area contributed by atoms with Crippen molar-refractivity contribution < 1.29 is 0 Å². The van der Waals surface area contributed by atoms with Gasteiger partial charge in [-0.3, -0.25) is 0 Å². The zero-order valence-electron chi connectivity index (χ0n) is 13.9. The molecule has 1 N–H and O–H groups in total. The van der Waals surface area contributed by atoms with Gasteiger partial charge in [0.05, 0.1) is 0 Å². The molecular formula is C17H35N3. The van der Waals surface area contributed by atoms with Gasteiger partial charge in [0.1, 0.15) is 0 Å². The fourth-order valence-corrected chi connectivity index (χ4v) is 3.74. The molecule has 0 amide bonds. The van der Waals surface area contributed by atoms with Gasteiger partial charge >= 0.3 is 0 Å². The van der Waals surface area contributed by atoms with Crippen molar-refractivity contribution in [3.63, 3.8) is 0 Å². The van der Waals surface area contributed by atoms with Gasteiger partial charge in [0.2, 0.25) is 0 Å². The van der Waals surface area contributed by atoms with E-state index in [4.69, 9.17) is 0 Å². The van der Waals surface area contributed by atoms with Crippen molar-refractivity contribution in [2.75, 3.05) is 32.7 Å². The van der Waals surface area contributed by atoms with Crippen molar-refractivity contribution in [1.82, 2.24) is 15.1 Å². The molecule has 2 fully saturated rings. The fraction of sp³-hybridized carbons (Fsp3) is 1.00. The number of piperidine rings is 2. The van der Waals surface area contributed by atoms with Crippen LogP contribution in [0.15, 0.2) is 0 Å². The minimum atomic E-state index is 0.618. The number of hydrogen-bond donors (Lipinski definition) is 1. The van der Waals surface area contributed by atoms with Crippen molar-refractivity contribution in [2.24, 2.45) is 0 Å². The van der Waals surface area contributed by atoms with Crippen molar-refractivity contribution >= 4 is 0 Å². The zero-order valence-corrected chi connectivity index (χ0v) is 13.9. The Morgan fingerprint density at radius 1 is 0.950 bits per heavy atom. The monoisotopic (exact) mass is 281 g/mol. The molecule has 1 unspecified atom stereocenters. The summed E-state index contributed by atoms with van der Waals surface area (Å²) in [4.78, 5) is 5.48. The van der Waals surface area contributed by atoms with Gasteiger partial charge in [-0.15, -0.1) is 0 Å². The van der Waals surface area contributed by atoms with Gasteiger partial charge in [0.15, 0.2) is 0 Å². The van der Waals surface area contributed by atoms with Crippen LogP contribution in [-0.4, -0.2) is 60.6 Å². The predicted octanol–water partition coefficient (Wildman–Crippen LogP) is 2.71. The van der Waals surface area contributed by atoms with Gasteiger partial charge in [0, 0.05) is 18.1 Å². The highest BCUT2D eigenvalue weighted by molar-refractivity contribution is 4.83. The van der Waals surface area contributed by atoms with Crippen LogP contribution in [0, 0.1) is 0 Å². The minimum Gasteiger partial charge on any atom is -0.314 e. The molecule has 1 atom stereocenters. The second-order valence-corrected chi connectivity index (χ2v) is 7.11. The quantitative estimate of drug-likeness (QED) is 0.807. The number of nitrogens with one attached hydrogen (secondary N) is 1. The molecule has 0 saturated carbocycles. The molecule has 0 radical (unpaired) electrons. The SMILES string of the molecule is CC(C)NCCC(C)N1CCC(N2CCCCC2)CC1. The summed E-state index contributed by atoms with van der Waals surface area (Å²) in [6.07, 6.45) is 8.38. The Balaban J connectivity index is 1.65. The van der Waals surface area contributed by atoms with Gasteiger partial charge in [-0.25, -0.2) is 0 Å². The van der Waals surface area contributed by atoms with Crippen LogP contribution < -0.4 is 5.32 Å². The van der Waals surface area contributed by atoms with Crippen molar-refractivity contribution in [1.29, 1.82) is 0 Å². The summed E-state index contributed by atoms with van der Waals surface area (Å²) >= 11 is 0. The molecule has 0 aliphatic carbocycles. The third-order valence-electron chi connectivity index (χ3n) is 5.14. The molecular weight excluding hydrogens is 246 g/mol. The Morgan fingerprint density at radius 2 is 1.60 bits per heavy atom. The van der Waals surface area contributed by atoms with E-state index in [1.807, 2.05) is 0 Å². The number of likely N-dealkylation sites (tertiary alicyclic amines) is 2. The molecule has 0 bridgehead atoms. The van der Waals surface area contributed by atoms with Crippen LogP contribution in [0.1, 0.15) is 59.3 Å². The van der Waals surface area contributed by atoms with Crippen molar-refractivity contribution in [3.05, 3.63) is 0 Å². The molecule has 2 heterocycles. The van der Waals surface area contributed by atoms with E-state index in [2.05, 4.69) is 35.9 Å². The van der Waals surface area contributed by atoms with E-state index < -0.39 is 0 Å². The molecule has 3 heteroatoms. The van der Waals surface area contributed by atoms with Gasteiger partial charge in [-0.2, -0.15) is 0 Å². The second-order valence-electron chi connectivity index (χ2n) is 7.11. The first-order valence-electron chi connectivity index (χ1n) is 8.88. The van der Waals surface area contributed by atoms with E-state index in [1.165, 1.54) is 64.7 Å². The lowest BCUT2D eigenvalue weighted by Gasteiger charge is -2.42. The van der Waals surface area contributed by atoms with Gasteiger partial charge in [0.25, 0.3) is 0 Å². The molecule has 0 aromatic rings. The summed E-state index contributed by atoms with van der Waals surface area (Å²) in [6.45, 7) is 13.4. The summed E-state index contributed by atoms with van der Waals surface area (Å²) in [7, 11) is 0. The van der Waals surface area contributed by atoms with E-state index in [0.29, 0.717) is 6.04 Å². The molecule has 2 aliphatic rings. The van der Waals surface area contributed by atoms with Crippen LogP contribution in [0.25, 0.3) is 0 Å². The molecule has 2 aliphatic heterocycles. The van der Waals surface area contributed by atoms with E-state index in [1.54, 1.807) is 0 Å². The maximum absolute atomic E-state index is 3.54. The maximum atomic E-state index is 3.54. The summed E-state index contributed by atoms with van der Waals surface area (Å²) in [5.74, 6) is 0. The van der Waals surface area contributed by atoms with Crippen molar-refractivity contribution in [2.45, 2.75) is 77.4 Å². The molecule has 20 heavy (non-hydrogen) atoms. The number of hydrogen-bond acceptors (Lipinski definition) is 3. The molecule has 118 valence electrons. The zero-order chi connectivity index (χ0) is 14.4. The number of rotatable bonds is 6. The minimum absolute atomic E-state index is 0.618. The highest BCUT2D eigenvalue weighted by Crippen LogP contribution is 2.22. The van der Waals surface area contributed by atoms with E-state index in [0.717, 1.165) is 18.6 Å². The van der Waals surface area contributed by atoms with E-state index in [-0.39, 0.29) is 0 Å². The average molecular weight is 281 g/mol. The molecule has 0 aromatic heterocycles. The van der Waals surface area contributed by atoms with E-state index in [9.17, 15) is 0 Å². The summed E-state index contributed by atoms with van der Waals surface area (Å²) < 4.78 is 0. The topological polar surface area (TPSA) is 18.5 Å². The summed E-state index contributed by atoms with van der Waals surface area (Å²) in [5, 5.41) is 3.54. The highest BCUT2D eigenvalue weighted by Gasteiger charge is 2.27. The third kappa shape index (κ3) is 5.01. The maximum Gasteiger partial charge on any atom is 0.0120 e. The van der Waals surface area contributed by atoms with Gasteiger partial charge < -0.3 is 15.1 Å². The molecule has 3 nitrogen and oxygen atoms in total. The van der Waals surface area contributed by atoms with Crippen molar-refractivity contribution in [3.8, 4) is 0 Å². The predicted molar refractivity (Wildman–Crippen MR) is 87.2 cm³/mol. The lowest BCUT2D eigenvalue weighted by Crippen LogP contribution is -2.49. The van der Waals surface area contributed by atoms with Crippen LogP contribution in [0.4, 0.5) is 0 Å². The largest absolute Gasteiger partial charge is 0.314 e. The Hall–Kier alpha value is -0.120. The average Bonchev–Trinajstić information content (AvgIpc) is 2.48. The van der Waals surface area contributed by atoms with E-state index >= 15 is 0 Å². The van der Waals surface area contributed by atoms with Crippen LogP contribution in [0.2, 0.25) is 0 Å². The Kier molecular flexibility index (Phi) is 6.79. The van der Waals surface area contributed by atoms with Gasteiger partial charge in [-0.1, -0.05) is 20.3 Å². The van der Waals surface area contributed by atoms with Crippen LogP contribution in [0.5, 0.6) is 0 Å². The van der Waals surface area contributed by atoms with Gasteiger partial charge in [-0.05, 0) is 71.8 Å². The smallest absolute Gasteiger partial charge is 0.0120 e. The highest BCUT2D eigenvalue weighted by atomic mass is 15.2. The lowest BCUT2D eigenvalue weighted by atomic mass is 9.98. The second kappa shape index (κ2) is 8.35. The molecule has 0 spiro atoms. The fourth-order valence-electron chi connectivity index (χ4n) is 3.74. The first-order chi connectivity index (χ1) is 9.66. The standard InChI is InChI=1S/C17H35N3/c1-15(2)18-10-7-16(3)19-13-8-17(9-14-19)20-11-5-4-6-12-20/h15-18H,4-14H2,1-3H3. The normalized spacial score (nSPS) is 25.2. The van der Waals surface area contributed by atoms with Crippen LogP contribution in [0.3, 0.4) is 0 Å². The summed E-state index contributed by atoms with van der Waals surface area (Å²) in [6, 6.07) is 2.24. The third-order valence-corrected chi connectivity index (χ3v) is 5.14. The summed E-state index contributed by atoms with van der Waals surface area (Å²) in [5.41, 5.74) is 0. The number of nitrogens with zero attached hydrogens (tertiary/aromatic N) is 2. The Labute approximate surface area is 126 Å². The molecule has 2 saturated heterocycles. The Bertz CT molecular complexity index is 253. The Morgan fingerprint density at radius 3 is 2.20 bits per heavy atom. The first-order valence-corrected chi connectivity index (χ1v) is 8.88. The lowest BCUT2D eigenvalue weighted by molar-refractivity contribution is 0.0739. The molecule has 2 rings (SSSR count). The first kappa shape index (κ1) is 16.3. The van der Waals surface area contributed by atoms with Crippen LogP contribution >= 0.6 is 0 Å².